The molecule has 0 bridgehead atoms. The van der Waals surface area contributed by atoms with E-state index in [1.807, 2.05) is 36.4 Å². The first-order valence-corrected chi connectivity index (χ1v) is 8.07. The highest BCUT2D eigenvalue weighted by molar-refractivity contribution is 6.01. The van der Waals surface area contributed by atoms with E-state index in [4.69, 9.17) is 4.74 Å². The van der Waals surface area contributed by atoms with Crippen LogP contribution in [0, 0.1) is 0 Å². The molecule has 0 unspecified atom stereocenters. The Morgan fingerprint density at radius 2 is 1.77 bits per heavy atom. The van der Waals surface area contributed by atoms with Crippen LogP contribution in [0.4, 0.5) is 11.4 Å². The van der Waals surface area contributed by atoms with Crippen molar-refractivity contribution in [2.75, 3.05) is 24.3 Å². The number of hydrogen-bond acceptors (Lipinski definition) is 5. The fourth-order valence-electron chi connectivity index (χ4n) is 2.17. The Balaban J connectivity index is 1.89. The van der Waals surface area contributed by atoms with E-state index >= 15 is 0 Å². The molecule has 7 heteroatoms. The number of anilines is 2. The van der Waals surface area contributed by atoms with E-state index in [9.17, 15) is 9.59 Å². The number of hydrazone groups is 1. The monoisotopic (exact) mass is 354 g/mol. The summed E-state index contributed by atoms with van der Waals surface area (Å²) >= 11 is 0. The van der Waals surface area contributed by atoms with Gasteiger partial charge in [-0.05, 0) is 48.9 Å². The van der Waals surface area contributed by atoms with Gasteiger partial charge in [0.25, 0.3) is 5.91 Å². The van der Waals surface area contributed by atoms with E-state index in [0.29, 0.717) is 11.4 Å². The molecular weight excluding hydrogens is 332 g/mol. The lowest BCUT2D eigenvalue weighted by atomic mass is 10.1. The zero-order valence-electron chi connectivity index (χ0n) is 15.0. The molecular formula is C19H22N4O3. The van der Waals surface area contributed by atoms with Crippen LogP contribution >= 0.6 is 0 Å². The first-order valence-electron chi connectivity index (χ1n) is 8.07. The lowest BCUT2D eigenvalue weighted by Gasteiger charge is -2.08. The summed E-state index contributed by atoms with van der Waals surface area (Å²) < 4.78 is 5.08. The molecule has 0 aliphatic rings. The van der Waals surface area contributed by atoms with Crippen LogP contribution in [0.15, 0.2) is 53.6 Å². The van der Waals surface area contributed by atoms with Crippen molar-refractivity contribution < 1.29 is 14.3 Å². The predicted molar refractivity (Wildman–Crippen MR) is 103 cm³/mol. The zero-order chi connectivity index (χ0) is 18.9. The quantitative estimate of drug-likeness (QED) is 0.526. The lowest BCUT2D eigenvalue weighted by Crippen LogP contribution is -2.26. The topological polar surface area (TPSA) is 91.8 Å². The van der Waals surface area contributed by atoms with Crippen LogP contribution in [0.2, 0.25) is 0 Å². The van der Waals surface area contributed by atoms with Gasteiger partial charge in [0.05, 0.1) is 19.4 Å². The fourth-order valence-corrected chi connectivity index (χ4v) is 2.17. The predicted octanol–water partition coefficient (Wildman–Crippen LogP) is 2.61. The molecule has 0 atom stereocenters. The molecule has 26 heavy (non-hydrogen) atoms. The number of nitrogens with one attached hydrogen (secondary N) is 3. The molecule has 136 valence electrons. The van der Waals surface area contributed by atoms with Crippen LogP contribution in [0.3, 0.4) is 0 Å². The van der Waals surface area contributed by atoms with Crippen molar-refractivity contribution in [3.05, 3.63) is 54.1 Å². The van der Waals surface area contributed by atoms with Gasteiger partial charge >= 0.3 is 0 Å². The molecule has 0 saturated carbocycles. The number of nitrogens with zero attached hydrogens (tertiary/aromatic N) is 1. The summed E-state index contributed by atoms with van der Waals surface area (Å²) in [6.07, 6.45) is 0. The van der Waals surface area contributed by atoms with Crippen molar-refractivity contribution >= 4 is 28.9 Å². The molecule has 0 radical (unpaired) electrons. The van der Waals surface area contributed by atoms with E-state index in [1.54, 1.807) is 26.2 Å². The molecule has 7 nitrogen and oxygen atoms in total. The third kappa shape index (κ3) is 5.94. The Kier molecular flexibility index (Phi) is 6.73. The maximum absolute atomic E-state index is 11.9. The summed E-state index contributed by atoms with van der Waals surface area (Å²) in [5.74, 6) is 0.342. The van der Waals surface area contributed by atoms with Gasteiger partial charge in [-0.3, -0.25) is 9.59 Å². The van der Waals surface area contributed by atoms with Gasteiger partial charge in [0.15, 0.2) is 0 Å². The van der Waals surface area contributed by atoms with Crippen LogP contribution in [-0.4, -0.2) is 31.2 Å². The van der Waals surface area contributed by atoms with Crippen LogP contribution in [0.5, 0.6) is 5.75 Å². The molecule has 2 aromatic carbocycles. The number of amides is 2. The minimum atomic E-state index is -0.266. The van der Waals surface area contributed by atoms with Gasteiger partial charge in [0.1, 0.15) is 5.75 Å². The second-order valence-electron chi connectivity index (χ2n) is 5.58. The Labute approximate surface area is 152 Å². The SMILES string of the molecule is COc1ccc(NCC(=O)NN=C(C)c2cccc(NC(C)=O)c2)cc1. The van der Waals surface area contributed by atoms with Crippen LogP contribution in [0.25, 0.3) is 0 Å². The van der Waals surface area contributed by atoms with E-state index in [-0.39, 0.29) is 18.4 Å². The second kappa shape index (κ2) is 9.22. The number of ether oxygens (including phenoxy) is 1. The molecule has 2 amide bonds. The summed E-state index contributed by atoms with van der Waals surface area (Å²) in [7, 11) is 1.60. The van der Waals surface area contributed by atoms with E-state index in [1.165, 1.54) is 6.92 Å². The Morgan fingerprint density at radius 1 is 1.04 bits per heavy atom. The van der Waals surface area contributed by atoms with Crippen molar-refractivity contribution in [2.24, 2.45) is 5.10 Å². The van der Waals surface area contributed by atoms with E-state index in [0.717, 1.165) is 17.0 Å². The van der Waals surface area contributed by atoms with Gasteiger partial charge in [-0.25, -0.2) is 5.43 Å². The van der Waals surface area contributed by atoms with Crippen molar-refractivity contribution in [1.82, 2.24) is 5.43 Å². The van der Waals surface area contributed by atoms with E-state index < -0.39 is 0 Å². The lowest BCUT2D eigenvalue weighted by molar-refractivity contribution is -0.119. The third-order valence-corrected chi connectivity index (χ3v) is 3.49. The smallest absolute Gasteiger partial charge is 0.259 e. The number of hydrogen-bond donors (Lipinski definition) is 3. The average Bonchev–Trinajstić information content (AvgIpc) is 2.64. The minimum Gasteiger partial charge on any atom is -0.497 e. The normalized spacial score (nSPS) is 10.8. The van der Waals surface area contributed by atoms with Crippen LogP contribution < -0.4 is 20.8 Å². The number of carbonyl (C=O) groups excluding carboxylic acids is 2. The number of methoxy groups -OCH3 is 1. The van der Waals surface area contributed by atoms with Gasteiger partial charge < -0.3 is 15.4 Å². The maximum Gasteiger partial charge on any atom is 0.259 e. The highest BCUT2D eigenvalue weighted by atomic mass is 16.5. The van der Waals surface area contributed by atoms with Crippen molar-refractivity contribution in [3.8, 4) is 5.75 Å². The average molecular weight is 354 g/mol. The summed E-state index contributed by atoms with van der Waals surface area (Å²) in [4.78, 5) is 23.0. The third-order valence-electron chi connectivity index (χ3n) is 3.49. The first-order chi connectivity index (χ1) is 12.5. The Bertz CT molecular complexity index is 801. The zero-order valence-corrected chi connectivity index (χ0v) is 15.0. The highest BCUT2D eigenvalue weighted by Gasteiger charge is 2.03. The van der Waals surface area contributed by atoms with Gasteiger partial charge in [-0.1, -0.05) is 12.1 Å². The van der Waals surface area contributed by atoms with Gasteiger partial charge in [0, 0.05) is 18.3 Å². The molecule has 0 heterocycles. The largest absolute Gasteiger partial charge is 0.497 e. The molecule has 3 N–H and O–H groups in total. The van der Waals surface area contributed by atoms with Crippen LogP contribution in [0.1, 0.15) is 19.4 Å². The van der Waals surface area contributed by atoms with Crippen molar-refractivity contribution in [1.29, 1.82) is 0 Å². The van der Waals surface area contributed by atoms with Crippen molar-refractivity contribution in [3.63, 3.8) is 0 Å². The second-order valence-corrected chi connectivity index (χ2v) is 5.58. The molecule has 2 rings (SSSR count). The molecule has 0 spiro atoms. The fraction of sp³-hybridized carbons (Fsp3) is 0.211. The summed E-state index contributed by atoms with van der Waals surface area (Å²) in [6, 6.07) is 14.5. The standard InChI is InChI=1S/C19H22N4O3/c1-13(15-5-4-6-17(11-15)21-14(2)24)22-23-19(25)12-20-16-7-9-18(26-3)10-8-16/h4-11,20H,12H2,1-3H3,(H,21,24)(H,23,25). The first kappa shape index (κ1) is 19.0. The van der Waals surface area contributed by atoms with Gasteiger partial charge in [-0.2, -0.15) is 5.10 Å². The van der Waals surface area contributed by atoms with Crippen LogP contribution in [-0.2, 0) is 9.59 Å². The Hall–Kier alpha value is -3.35. The molecule has 0 aliphatic carbocycles. The molecule has 0 aromatic heterocycles. The summed E-state index contributed by atoms with van der Waals surface area (Å²) in [5.41, 5.74) is 5.44. The van der Waals surface area contributed by atoms with E-state index in [2.05, 4.69) is 21.2 Å². The molecule has 0 fully saturated rings. The summed E-state index contributed by atoms with van der Waals surface area (Å²) in [6.45, 7) is 3.32. The maximum atomic E-state index is 11.9. The number of benzene rings is 2. The van der Waals surface area contributed by atoms with Gasteiger partial charge in [0.2, 0.25) is 5.91 Å². The van der Waals surface area contributed by atoms with Gasteiger partial charge in [-0.15, -0.1) is 0 Å². The minimum absolute atomic E-state index is 0.0923. The number of carbonyl (C=O) groups is 2. The Morgan fingerprint density at radius 3 is 2.42 bits per heavy atom. The molecule has 0 saturated heterocycles. The summed E-state index contributed by atoms with van der Waals surface area (Å²) in [5, 5.41) is 9.82. The highest BCUT2D eigenvalue weighted by Crippen LogP contribution is 2.14. The van der Waals surface area contributed by atoms with Crippen molar-refractivity contribution in [2.45, 2.75) is 13.8 Å². The number of rotatable bonds is 7. The molecule has 0 aliphatic heterocycles. The molecule has 2 aromatic rings.